The van der Waals surface area contributed by atoms with Gasteiger partial charge in [0.1, 0.15) is 0 Å². The fourth-order valence-corrected chi connectivity index (χ4v) is 4.71. The molecule has 0 unspecified atom stereocenters. The third-order valence-electron chi connectivity index (χ3n) is 6.14. The molecule has 5 aromatic rings. The Morgan fingerprint density at radius 3 is 2.27 bits per heavy atom. The second-order valence-corrected chi connectivity index (χ2v) is 10.2. The number of anilines is 1. The van der Waals surface area contributed by atoms with Crippen molar-refractivity contribution in [3.05, 3.63) is 129 Å². The van der Waals surface area contributed by atoms with Crippen LogP contribution in [0.3, 0.4) is 0 Å². The highest BCUT2D eigenvalue weighted by atomic mass is 35.5. The summed E-state index contributed by atoms with van der Waals surface area (Å²) < 4.78 is 0. The molecule has 9 heteroatoms. The predicted molar refractivity (Wildman–Crippen MR) is 163 cm³/mol. The summed E-state index contributed by atoms with van der Waals surface area (Å²) >= 11 is 18.1. The van der Waals surface area contributed by atoms with Crippen LogP contribution in [0.2, 0.25) is 15.1 Å². The maximum atomic E-state index is 13.3. The maximum Gasteiger partial charge on any atom is 0.272 e. The number of hydrazone groups is 1. The number of rotatable bonds is 6. The third-order valence-corrected chi connectivity index (χ3v) is 6.94. The molecule has 0 atom stereocenters. The quantitative estimate of drug-likeness (QED) is 0.155. The maximum absolute atomic E-state index is 13.3. The highest BCUT2D eigenvalue weighted by molar-refractivity contribution is 6.37. The fraction of sp³-hybridized carbons (Fsp3) is 0.0323. The van der Waals surface area contributed by atoms with E-state index in [-0.39, 0.29) is 16.8 Å². The fourth-order valence-electron chi connectivity index (χ4n) is 4.09. The van der Waals surface area contributed by atoms with Gasteiger partial charge in [0.15, 0.2) is 0 Å². The molecule has 6 nitrogen and oxygen atoms in total. The number of para-hydroxylation sites is 1. The first-order valence-electron chi connectivity index (χ1n) is 12.2. The lowest BCUT2D eigenvalue weighted by atomic mass is 10.0. The van der Waals surface area contributed by atoms with E-state index in [4.69, 9.17) is 39.8 Å². The normalized spacial score (nSPS) is 11.3. The molecule has 0 aliphatic carbocycles. The molecule has 0 aliphatic heterocycles. The monoisotopic (exact) mass is 586 g/mol. The van der Waals surface area contributed by atoms with Gasteiger partial charge in [-0.25, -0.2) is 10.4 Å². The van der Waals surface area contributed by atoms with Crippen LogP contribution in [0.25, 0.3) is 22.2 Å². The Kier molecular flexibility index (Phi) is 8.12. The van der Waals surface area contributed by atoms with Crippen LogP contribution >= 0.6 is 34.8 Å². The summed E-state index contributed by atoms with van der Waals surface area (Å²) in [5, 5.41) is 9.17. The van der Waals surface area contributed by atoms with Crippen molar-refractivity contribution in [3.8, 4) is 11.3 Å². The number of benzene rings is 4. The summed E-state index contributed by atoms with van der Waals surface area (Å²) in [6, 6.07) is 28.2. The van der Waals surface area contributed by atoms with Crippen LogP contribution < -0.4 is 10.7 Å². The molecule has 0 aliphatic rings. The van der Waals surface area contributed by atoms with E-state index in [1.54, 1.807) is 55.5 Å². The van der Waals surface area contributed by atoms with Crippen molar-refractivity contribution in [1.29, 1.82) is 0 Å². The van der Waals surface area contributed by atoms with Crippen LogP contribution in [-0.4, -0.2) is 22.5 Å². The predicted octanol–water partition coefficient (Wildman–Crippen LogP) is 8.27. The van der Waals surface area contributed by atoms with Crippen molar-refractivity contribution in [2.45, 2.75) is 6.92 Å². The summed E-state index contributed by atoms with van der Waals surface area (Å²) in [7, 11) is 0. The van der Waals surface area contributed by atoms with Gasteiger partial charge < -0.3 is 5.32 Å². The minimum atomic E-state index is -0.380. The Morgan fingerprint density at radius 1 is 0.750 bits per heavy atom. The average molecular weight is 588 g/mol. The molecule has 40 heavy (non-hydrogen) atoms. The summed E-state index contributed by atoms with van der Waals surface area (Å²) in [6.07, 6.45) is 0. The second kappa shape index (κ2) is 11.9. The minimum Gasteiger partial charge on any atom is -0.322 e. The molecule has 0 radical (unpaired) electrons. The molecule has 0 spiro atoms. The molecule has 0 fully saturated rings. The Labute approximate surface area is 245 Å². The van der Waals surface area contributed by atoms with E-state index >= 15 is 0 Å². The number of halogens is 3. The van der Waals surface area contributed by atoms with Gasteiger partial charge in [-0.3, -0.25) is 9.59 Å². The van der Waals surface area contributed by atoms with Crippen molar-refractivity contribution in [2.75, 3.05) is 5.32 Å². The van der Waals surface area contributed by atoms with E-state index < -0.39 is 0 Å². The standard InChI is InChI=1S/C31H21Cl3N4O2/c1-18(20-5-4-6-23(15-20)35-30(39)25-14-13-22(33)16-27(25)34)37-38-31(40)26-17-29(19-9-11-21(32)12-10-19)36-28-8-3-2-7-24(26)28/h2-17H,1H3,(H,35,39)(H,38,40)/b37-18+. The van der Waals surface area contributed by atoms with Gasteiger partial charge in [-0.2, -0.15) is 5.10 Å². The number of fused-ring (bicyclic) bond motifs is 1. The number of hydrogen-bond acceptors (Lipinski definition) is 4. The van der Waals surface area contributed by atoms with E-state index in [1.807, 2.05) is 42.5 Å². The van der Waals surface area contributed by atoms with Crippen molar-refractivity contribution in [2.24, 2.45) is 5.10 Å². The number of nitrogens with one attached hydrogen (secondary N) is 2. The summed E-state index contributed by atoms with van der Waals surface area (Å²) in [6.45, 7) is 1.76. The van der Waals surface area contributed by atoms with Crippen LogP contribution in [0, 0.1) is 0 Å². The zero-order valence-corrected chi connectivity index (χ0v) is 23.4. The number of hydrogen-bond donors (Lipinski definition) is 2. The molecule has 0 bridgehead atoms. The number of nitrogens with zero attached hydrogens (tertiary/aromatic N) is 2. The first-order valence-corrected chi connectivity index (χ1v) is 13.3. The number of aromatic nitrogens is 1. The van der Waals surface area contributed by atoms with Gasteiger partial charge >= 0.3 is 0 Å². The van der Waals surface area contributed by atoms with Crippen LogP contribution in [0.15, 0.2) is 102 Å². The molecule has 2 amide bonds. The van der Waals surface area contributed by atoms with Gasteiger partial charge in [0, 0.05) is 26.7 Å². The smallest absolute Gasteiger partial charge is 0.272 e. The molecule has 1 heterocycles. The van der Waals surface area contributed by atoms with E-state index in [0.717, 1.165) is 5.56 Å². The Hall–Kier alpha value is -4.23. The molecule has 2 N–H and O–H groups in total. The van der Waals surface area contributed by atoms with E-state index in [0.29, 0.717) is 54.7 Å². The number of carbonyl (C=O) groups excluding carboxylic acids is 2. The summed E-state index contributed by atoms with van der Waals surface area (Å²) in [4.78, 5) is 30.7. The van der Waals surface area contributed by atoms with E-state index in [2.05, 4.69) is 15.8 Å². The van der Waals surface area contributed by atoms with Crippen LogP contribution in [0.5, 0.6) is 0 Å². The van der Waals surface area contributed by atoms with Crippen molar-refractivity contribution < 1.29 is 9.59 Å². The Morgan fingerprint density at radius 2 is 1.50 bits per heavy atom. The van der Waals surface area contributed by atoms with Crippen molar-refractivity contribution >= 4 is 68.9 Å². The molecule has 0 saturated carbocycles. The van der Waals surface area contributed by atoms with E-state index in [1.165, 1.54) is 6.07 Å². The van der Waals surface area contributed by atoms with Gasteiger partial charge in [0.25, 0.3) is 11.8 Å². The average Bonchev–Trinajstić information content (AvgIpc) is 2.95. The van der Waals surface area contributed by atoms with Crippen molar-refractivity contribution in [3.63, 3.8) is 0 Å². The Balaban J connectivity index is 1.37. The van der Waals surface area contributed by atoms with Gasteiger partial charge in [0.05, 0.1) is 33.1 Å². The number of amides is 2. The highest BCUT2D eigenvalue weighted by Gasteiger charge is 2.15. The van der Waals surface area contributed by atoms with Crippen LogP contribution in [0.4, 0.5) is 5.69 Å². The lowest BCUT2D eigenvalue weighted by molar-refractivity contribution is 0.0955. The third kappa shape index (κ3) is 6.15. The topological polar surface area (TPSA) is 83.4 Å². The van der Waals surface area contributed by atoms with Gasteiger partial charge in [-0.15, -0.1) is 0 Å². The molecular weight excluding hydrogens is 567 g/mol. The molecule has 198 valence electrons. The molecule has 4 aromatic carbocycles. The second-order valence-electron chi connectivity index (χ2n) is 8.88. The minimum absolute atomic E-state index is 0.254. The number of carbonyl (C=O) groups is 2. The molecule has 5 rings (SSSR count). The number of pyridine rings is 1. The zero-order chi connectivity index (χ0) is 28.2. The lowest BCUT2D eigenvalue weighted by Gasteiger charge is -2.10. The van der Waals surface area contributed by atoms with Crippen molar-refractivity contribution in [1.82, 2.24) is 10.4 Å². The molecule has 0 saturated heterocycles. The SMILES string of the molecule is C/C(=N\NC(=O)c1cc(-c2ccc(Cl)cc2)nc2ccccc12)c1cccc(NC(=O)c2ccc(Cl)cc2Cl)c1. The van der Waals surface area contributed by atoms with E-state index in [9.17, 15) is 9.59 Å². The van der Waals surface area contributed by atoms with Gasteiger partial charge in [-0.05, 0) is 67.1 Å². The van der Waals surface area contributed by atoms with Crippen LogP contribution in [-0.2, 0) is 0 Å². The first-order chi connectivity index (χ1) is 19.3. The molecule has 1 aromatic heterocycles. The Bertz CT molecular complexity index is 1790. The van der Waals surface area contributed by atoms with Gasteiger partial charge in [-0.1, -0.05) is 77.3 Å². The summed E-state index contributed by atoms with van der Waals surface area (Å²) in [5.74, 6) is -0.752. The van der Waals surface area contributed by atoms with Gasteiger partial charge in [0.2, 0.25) is 0 Å². The lowest BCUT2D eigenvalue weighted by Crippen LogP contribution is -2.20. The molecular formula is C31H21Cl3N4O2. The summed E-state index contributed by atoms with van der Waals surface area (Å²) in [5.41, 5.74) is 7.36. The largest absolute Gasteiger partial charge is 0.322 e. The first kappa shape index (κ1) is 27.3. The van der Waals surface area contributed by atoms with Crippen LogP contribution in [0.1, 0.15) is 33.2 Å². The highest BCUT2D eigenvalue weighted by Crippen LogP contribution is 2.26. The zero-order valence-electron chi connectivity index (χ0n) is 21.1.